The van der Waals surface area contributed by atoms with Gasteiger partial charge in [0.15, 0.2) is 0 Å². The summed E-state index contributed by atoms with van der Waals surface area (Å²) in [6.45, 7) is 2.08. The van der Waals surface area contributed by atoms with E-state index in [0.717, 1.165) is 12.8 Å². The van der Waals surface area contributed by atoms with Crippen LogP contribution in [0.2, 0.25) is 5.02 Å². The van der Waals surface area contributed by atoms with Crippen LogP contribution < -0.4 is 10.0 Å². The van der Waals surface area contributed by atoms with Gasteiger partial charge in [-0.25, -0.2) is 13.1 Å². The SMILES string of the molecule is CC(C1CC1)n1nccc1NC(=O)c1cccc(S(=O)(=O)Nc2cccc(Cl)c2)c1. The summed E-state index contributed by atoms with van der Waals surface area (Å²) in [4.78, 5) is 12.8. The highest BCUT2D eigenvalue weighted by molar-refractivity contribution is 7.92. The summed E-state index contributed by atoms with van der Waals surface area (Å²) in [5, 5.41) is 7.57. The van der Waals surface area contributed by atoms with Crippen LogP contribution in [0.5, 0.6) is 0 Å². The number of aromatic nitrogens is 2. The summed E-state index contributed by atoms with van der Waals surface area (Å²) in [7, 11) is -3.88. The van der Waals surface area contributed by atoms with Crippen LogP contribution >= 0.6 is 11.6 Å². The van der Waals surface area contributed by atoms with Crippen LogP contribution in [0.4, 0.5) is 11.5 Å². The summed E-state index contributed by atoms with van der Waals surface area (Å²) in [5.41, 5.74) is 0.575. The van der Waals surface area contributed by atoms with Crippen LogP contribution in [-0.2, 0) is 10.0 Å². The monoisotopic (exact) mass is 444 g/mol. The van der Waals surface area contributed by atoms with Crippen molar-refractivity contribution in [2.75, 3.05) is 10.0 Å². The Hall–Kier alpha value is -2.84. The lowest BCUT2D eigenvalue weighted by atomic mass is 10.2. The first kappa shape index (κ1) is 20.4. The van der Waals surface area contributed by atoms with E-state index < -0.39 is 15.9 Å². The molecule has 1 amide bonds. The molecule has 1 aliphatic rings. The van der Waals surface area contributed by atoms with Crippen molar-refractivity contribution in [3.05, 3.63) is 71.4 Å². The molecule has 1 heterocycles. The highest BCUT2D eigenvalue weighted by Gasteiger charge is 2.31. The van der Waals surface area contributed by atoms with Crippen molar-refractivity contribution < 1.29 is 13.2 Å². The highest BCUT2D eigenvalue weighted by atomic mass is 35.5. The molecule has 0 spiro atoms. The van der Waals surface area contributed by atoms with Gasteiger partial charge in [-0.2, -0.15) is 5.10 Å². The van der Waals surface area contributed by atoms with Crippen LogP contribution in [0.25, 0.3) is 0 Å². The molecule has 7 nitrogen and oxygen atoms in total. The van der Waals surface area contributed by atoms with Crippen molar-refractivity contribution in [1.29, 1.82) is 0 Å². The molecule has 1 aliphatic carbocycles. The zero-order chi connectivity index (χ0) is 21.3. The quantitative estimate of drug-likeness (QED) is 0.558. The molecular weight excluding hydrogens is 424 g/mol. The number of hydrogen-bond acceptors (Lipinski definition) is 4. The smallest absolute Gasteiger partial charge is 0.261 e. The second-order valence-electron chi connectivity index (χ2n) is 7.34. The number of rotatable bonds is 7. The molecule has 0 radical (unpaired) electrons. The summed E-state index contributed by atoms with van der Waals surface area (Å²) >= 11 is 5.92. The van der Waals surface area contributed by atoms with Gasteiger partial charge in [0, 0.05) is 16.7 Å². The van der Waals surface area contributed by atoms with Gasteiger partial charge in [0.05, 0.1) is 22.8 Å². The number of anilines is 2. The lowest BCUT2D eigenvalue weighted by Gasteiger charge is -2.15. The lowest BCUT2D eigenvalue weighted by Crippen LogP contribution is -2.19. The van der Waals surface area contributed by atoms with E-state index in [1.54, 1.807) is 41.2 Å². The molecule has 1 unspecified atom stereocenters. The first-order chi connectivity index (χ1) is 14.3. The van der Waals surface area contributed by atoms with Crippen LogP contribution in [0.1, 0.15) is 36.2 Å². The van der Waals surface area contributed by atoms with Crippen molar-refractivity contribution in [3.63, 3.8) is 0 Å². The molecule has 0 saturated heterocycles. The van der Waals surface area contributed by atoms with Gasteiger partial charge in [0.2, 0.25) is 0 Å². The average molecular weight is 445 g/mol. The van der Waals surface area contributed by atoms with Crippen LogP contribution in [-0.4, -0.2) is 24.1 Å². The van der Waals surface area contributed by atoms with Gasteiger partial charge < -0.3 is 5.32 Å². The Kier molecular flexibility index (Phi) is 5.53. The van der Waals surface area contributed by atoms with Gasteiger partial charge in [0.25, 0.3) is 15.9 Å². The summed E-state index contributed by atoms with van der Waals surface area (Å²) < 4.78 is 29.7. The molecule has 9 heteroatoms. The van der Waals surface area contributed by atoms with E-state index >= 15 is 0 Å². The Balaban J connectivity index is 1.53. The van der Waals surface area contributed by atoms with Crippen molar-refractivity contribution in [2.24, 2.45) is 5.92 Å². The van der Waals surface area contributed by atoms with Gasteiger partial charge in [-0.3, -0.25) is 9.52 Å². The molecule has 2 aromatic carbocycles. The fraction of sp³-hybridized carbons (Fsp3) is 0.238. The van der Waals surface area contributed by atoms with Gasteiger partial charge in [-0.1, -0.05) is 23.7 Å². The molecule has 3 aromatic rings. The third-order valence-corrected chi connectivity index (χ3v) is 6.70. The number of amides is 1. The number of carbonyl (C=O) groups is 1. The summed E-state index contributed by atoms with van der Waals surface area (Å²) in [6, 6.07) is 14.2. The van der Waals surface area contributed by atoms with Crippen molar-refractivity contribution >= 4 is 39.0 Å². The third kappa shape index (κ3) is 4.49. The number of carbonyl (C=O) groups excluding carboxylic acids is 1. The number of nitrogens with one attached hydrogen (secondary N) is 2. The van der Waals surface area contributed by atoms with Gasteiger partial charge in [0.1, 0.15) is 5.82 Å². The Labute approximate surface area is 180 Å². The topological polar surface area (TPSA) is 93.1 Å². The molecule has 1 saturated carbocycles. The molecule has 156 valence electrons. The predicted molar refractivity (Wildman–Crippen MR) is 116 cm³/mol. The number of hydrogen-bond donors (Lipinski definition) is 2. The zero-order valence-electron chi connectivity index (χ0n) is 16.2. The molecule has 1 aromatic heterocycles. The van der Waals surface area contributed by atoms with Crippen LogP contribution in [0, 0.1) is 5.92 Å². The van der Waals surface area contributed by atoms with Crippen LogP contribution in [0.3, 0.4) is 0 Å². The largest absolute Gasteiger partial charge is 0.307 e. The van der Waals surface area contributed by atoms with Crippen molar-refractivity contribution in [2.45, 2.75) is 30.7 Å². The lowest BCUT2D eigenvalue weighted by molar-refractivity contribution is 0.102. The first-order valence-electron chi connectivity index (χ1n) is 9.57. The van der Waals surface area contributed by atoms with E-state index in [9.17, 15) is 13.2 Å². The number of halogens is 1. The van der Waals surface area contributed by atoms with E-state index in [1.165, 1.54) is 24.3 Å². The fourth-order valence-corrected chi connectivity index (χ4v) is 4.56. The maximum atomic E-state index is 12.8. The van der Waals surface area contributed by atoms with Gasteiger partial charge in [-0.05, 0) is 62.1 Å². The second-order valence-corrected chi connectivity index (χ2v) is 9.46. The first-order valence-corrected chi connectivity index (χ1v) is 11.4. The Morgan fingerprint density at radius 3 is 2.67 bits per heavy atom. The number of nitrogens with zero attached hydrogens (tertiary/aromatic N) is 2. The van der Waals surface area contributed by atoms with E-state index in [2.05, 4.69) is 22.1 Å². The maximum Gasteiger partial charge on any atom is 0.261 e. The Bertz CT molecular complexity index is 1190. The zero-order valence-corrected chi connectivity index (χ0v) is 17.8. The van der Waals surface area contributed by atoms with Crippen molar-refractivity contribution in [3.8, 4) is 0 Å². The van der Waals surface area contributed by atoms with E-state index in [1.807, 2.05) is 0 Å². The molecule has 30 heavy (non-hydrogen) atoms. The minimum absolute atomic E-state index is 0.0185. The van der Waals surface area contributed by atoms with Gasteiger partial charge in [-0.15, -0.1) is 0 Å². The standard InChI is InChI=1S/C21H21ClN4O3S/c1-14(15-8-9-15)26-20(10-11-23-26)24-21(27)16-4-2-7-19(12-16)30(28,29)25-18-6-3-5-17(22)13-18/h2-7,10-15,25H,8-9H2,1H3,(H,24,27). The number of sulfonamides is 1. The minimum Gasteiger partial charge on any atom is -0.307 e. The summed E-state index contributed by atoms with van der Waals surface area (Å²) in [5.74, 6) is 0.760. The molecule has 1 fully saturated rings. The van der Waals surface area contributed by atoms with E-state index in [0.29, 0.717) is 22.4 Å². The molecule has 4 rings (SSSR count). The second kappa shape index (κ2) is 8.12. The molecule has 0 aliphatic heterocycles. The average Bonchev–Trinajstić information content (AvgIpc) is 3.46. The molecule has 2 N–H and O–H groups in total. The fourth-order valence-electron chi connectivity index (χ4n) is 3.28. The summed E-state index contributed by atoms with van der Waals surface area (Å²) in [6.07, 6.45) is 3.96. The number of benzene rings is 2. The van der Waals surface area contributed by atoms with E-state index in [4.69, 9.17) is 11.6 Å². The third-order valence-electron chi connectivity index (χ3n) is 5.09. The predicted octanol–water partition coefficient (Wildman–Crippen LogP) is 4.56. The molecule has 1 atom stereocenters. The highest BCUT2D eigenvalue weighted by Crippen LogP contribution is 2.40. The van der Waals surface area contributed by atoms with E-state index in [-0.39, 0.29) is 16.5 Å². The molecular formula is C21H21ClN4O3S. The Morgan fingerprint density at radius 2 is 1.93 bits per heavy atom. The van der Waals surface area contributed by atoms with Crippen LogP contribution in [0.15, 0.2) is 65.7 Å². The van der Waals surface area contributed by atoms with Gasteiger partial charge >= 0.3 is 0 Å². The van der Waals surface area contributed by atoms with Crippen molar-refractivity contribution in [1.82, 2.24) is 9.78 Å². The maximum absolute atomic E-state index is 12.8. The minimum atomic E-state index is -3.88. The Morgan fingerprint density at radius 1 is 1.17 bits per heavy atom. The normalized spacial score (nSPS) is 14.9. The molecule has 0 bridgehead atoms.